The summed E-state index contributed by atoms with van der Waals surface area (Å²) in [6.07, 6.45) is -1.48. The fourth-order valence-electron chi connectivity index (χ4n) is 4.05. The quantitative estimate of drug-likeness (QED) is 0.738. The summed E-state index contributed by atoms with van der Waals surface area (Å²) in [5, 5.41) is 2.74. The zero-order chi connectivity index (χ0) is 22.6. The summed E-state index contributed by atoms with van der Waals surface area (Å²) in [5.74, 6) is 0.171. The average molecular weight is 463 g/mol. The van der Waals surface area contributed by atoms with E-state index in [1.165, 1.54) is 0 Å². The zero-order valence-corrected chi connectivity index (χ0v) is 18.0. The van der Waals surface area contributed by atoms with Gasteiger partial charge in [-0.2, -0.15) is 13.2 Å². The maximum atomic E-state index is 13.0. The lowest BCUT2D eigenvalue weighted by molar-refractivity contribution is -0.138. The number of likely N-dealkylation sites (tertiary alicyclic amines) is 1. The minimum Gasteiger partial charge on any atom is -0.450 e. The van der Waals surface area contributed by atoms with E-state index < -0.39 is 17.8 Å². The standard InChI is InChI=1S/C20H26ClF3N4O3/c1-2-31-19(30)26-15-4-3-7-28(12-15)18(29)13-5-8-27(9-6-13)17-16(21)10-14(11-25-17)20(22,23)24/h10-11,13,15H,2-9,12H2,1H3,(H,26,30). The molecule has 0 aliphatic carbocycles. The molecule has 3 heterocycles. The Labute approximate surface area is 183 Å². The highest BCUT2D eigenvalue weighted by Crippen LogP contribution is 2.35. The number of nitrogens with zero attached hydrogens (tertiary/aromatic N) is 3. The van der Waals surface area contributed by atoms with E-state index in [1.807, 2.05) is 4.90 Å². The molecule has 0 bridgehead atoms. The molecule has 31 heavy (non-hydrogen) atoms. The molecule has 1 atom stereocenters. The SMILES string of the molecule is CCOC(=O)NC1CCCN(C(=O)C2CCN(c3ncc(C(F)(F)F)cc3Cl)CC2)C1. The van der Waals surface area contributed by atoms with Gasteiger partial charge in [0.1, 0.15) is 5.82 Å². The van der Waals surface area contributed by atoms with Crippen molar-refractivity contribution in [3.8, 4) is 0 Å². The van der Waals surface area contributed by atoms with Crippen LogP contribution in [-0.2, 0) is 15.7 Å². The summed E-state index contributed by atoms with van der Waals surface area (Å²) >= 11 is 6.05. The first-order valence-corrected chi connectivity index (χ1v) is 10.8. The molecule has 0 aromatic carbocycles. The summed E-state index contributed by atoms with van der Waals surface area (Å²) in [7, 11) is 0. The number of carbonyl (C=O) groups excluding carboxylic acids is 2. The van der Waals surface area contributed by atoms with Crippen LogP contribution in [0, 0.1) is 5.92 Å². The Hall–Kier alpha value is -2.23. The summed E-state index contributed by atoms with van der Waals surface area (Å²) in [6, 6.07) is 0.748. The molecule has 11 heteroatoms. The molecule has 1 aromatic rings. The van der Waals surface area contributed by atoms with Crippen molar-refractivity contribution in [3.05, 3.63) is 22.8 Å². The number of pyridine rings is 1. The normalized spacial score (nSPS) is 20.5. The topological polar surface area (TPSA) is 74.8 Å². The number of alkyl halides is 3. The first-order valence-electron chi connectivity index (χ1n) is 10.4. The predicted octanol–water partition coefficient (Wildman–Crippen LogP) is 3.71. The predicted molar refractivity (Wildman–Crippen MR) is 109 cm³/mol. The Kier molecular flexibility index (Phi) is 7.51. The number of ether oxygens (including phenoxy) is 1. The number of piperidine rings is 2. The van der Waals surface area contributed by atoms with Crippen LogP contribution >= 0.6 is 11.6 Å². The van der Waals surface area contributed by atoms with E-state index in [2.05, 4.69) is 10.3 Å². The summed E-state index contributed by atoms with van der Waals surface area (Å²) in [4.78, 5) is 32.1. The van der Waals surface area contributed by atoms with E-state index in [0.717, 1.165) is 25.1 Å². The monoisotopic (exact) mass is 462 g/mol. The third kappa shape index (κ3) is 5.93. The lowest BCUT2D eigenvalue weighted by atomic mass is 9.93. The van der Waals surface area contributed by atoms with Gasteiger partial charge in [0, 0.05) is 44.3 Å². The summed E-state index contributed by atoms with van der Waals surface area (Å²) in [6.45, 7) is 4.07. The van der Waals surface area contributed by atoms with Crippen LogP contribution in [-0.4, -0.2) is 60.7 Å². The average Bonchev–Trinajstić information content (AvgIpc) is 2.73. The van der Waals surface area contributed by atoms with Gasteiger partial charge in [-0.25, -0.2) is 9.78 Å². The van der Waals surface area contributed by atoms with Gasteiger partial charge < -0.3 is 19.9 Å². The fraction of sp³-hybridized carbons (Fsp3) is 0.650. The number of rotatable bonds is 4. The third-order valence-electron chi connectivity index (χ3n) is 5.62. The maximum absolute atomic E-state index is 13.0. The Morgan fingerprint density at radius 2 is 1.97 bits per heavy atom. The van der Waals surface area contributed by atoms with Gasteiger partial charge in [-0.3, -0.25) is 4.79 Å². The van der Waals surface area contributed by atoms with Gasteiger partial charge in [0.2, 0.25) is 5.91 Å². The van der Waals surface area contributed by atoms with E-state index in [0.29, 0.717) is 44.8 Å². The zero-order valence-electron chi connectivity index (χ0n) is 17.3. The van der Waals surface area contributed by atoms with Gasteiger partial charge in [0.25, 0.3) is 0 Å². The van der Waals surface area contributed by atoms with Crippen molar-refractivity contribution in [1.82, 2.24) is 15.2 Å². The van der Waals surface area contributed by atoms with Crippen molar-refractivity contribution in [3.63, 3.8) is 0 Å². The van der Waals surface area contributed by atoms with Crippen LogP contribution in [0.2, 0.25) is 5.02 Å². The molecule has 2 fully saturated rings. The van der Waals surface area contributed by atoms with Crippen molar-refractivity contribution < 1.29 is 27.5 Å². The van der Waals surface area contributed by atoms with Crippen molar-refractivity contribution in [2.24, 2.45) is 5.92 Å². The third-order valence-corrected chi connectivity index (χ3v) is 5.90. The lowest BCUT2D eigenvalue weighted by Gasteiger charge is -2.38. The highest BCUT2D eigenvalue weighted by Gasteiger charge is 2.34. The number of halogens is 4. The molecule has 2 saturated heterocycles. The fourth-order valence-corrected chi connectivity index (χ4v) is 4.34. The Morgan fingerprint density at radius 3 is 2.58 bits per heavy atom. The molecule has 0 spiro atoms. The largest absolute Gasteiger partial charge is 0.450 e. The number of alkyl carbamates (subject to hydrolysis) is 1. The van der Waals surface area contributed by atoms with Gasteiger partial charge in [-0.1, -0.05) is 11.6 Å². The highest BCUT2D eigenvalue weighted by molar-refractivity contribution is 6.33. The number of carbonyl (C=O) groups is 2. The molecule has 1 unspecified atom stereocenters. The van der Waals surface area contributed by atoms with Crippen LogP contribution in [0.25, 0.3) is 0 Å². The molecular weight excluding hydrogens is 437 g/mol. The molecule has 1 aromatic heterocycles. The number of aromatic nitrogens is 1. The lowest BCUT2D eigenvalue weighted by Crippen LogP contribution is -2.52. The van der Waals surface area contributed by atoms with Crippen molar-refractivity contribution in [1.29, 1.82) is 0 Å². The second-order valence-corrected chi connectivity index (χ2v) is 8.18. The molecule has 0 saturated carbocycles. The Balaban J connectivity index is 1.54. The van der Waals surface area contributed by atoms with Gasteiger partial charge in [0.15, 0.2) is 0 Å². The molecule has 7 nitrogen and oxygen atoms in total. The minimum atomic E-state index is -4.50. The van der Waals surface area contributed by atoms with Crippen LogP contribution < -0.4 is 10.2 Å². The van der Waals surface area contributed by atoms with Crippen LogP contribution in [0.1, 0.15) is 38.2 Å². The summed E-state index contributed by atoms with van der Waals surface area (Å²) < 4.78 is 43.3. The van der Waals surface area contributed by atoms with E-state index in [4.69, 9.17) is 16.3 Å². The van der Waals surface area contributed by atoms with Crippen LogP contribution in [0.3, 0.4) is 0 Å². The van der Waals surface area contributed by atoms with Gasteiger partial charge in [-0.15, -0.1) is 0 Å². The molecule has 1 N–H and O–H groups in total. The van der Waals surface area contributed by atoms with Crippen LogP contribution in [0.4, 0.5) is 23.8 Å². The number of hydrogen-bond donors (Lipinski definition) is 1. The number of nitrogens with one attached hydrogen (secondary N) is 1. The minimum absolute atomic E-state index is 0.0430. The van der Waals surface area contributed by atoms with E-state index >= 15 is 0 Å². The van der Waals surface area contributed by atoms with Crippen LogP contribution in [0.15, 0.2) is 12.3 Å². The molecule has 2 amide bonds. The molecular formula is C20H26ClF3N4O3. The first-order chi connectivity index (χ1) is 14.7. The van der Waals surface area contributed by atoms with E-state index in [-0.39, 0.29) is 29.5 Å². The van der Waals surface area contributed by atoms with Crippen LogP contribution in [0.5, 0.6) is 0 Å². The molecule has 2 aliphatic rings. The maximum Gasteiger partial charge on any atom is 0.417 e. The Bertz CT molecular complexity index is 800. The van der Waals surface area contributed by atoms with Crippen molar-refractivity contribution in [2.75, 3.05) is 37.7 Å². The molecule has 172 valence electrons. The number of amides is 2. The van der Waals surface area contributed by atoms with Gasteiger partial charge >= 0.3 is 12.3 Å². The molecule has 0 radical (unpaired) electrons. The smallest absolute Gasteiger partial charge is 0.417 e. The van der Waals surface area contributed by atoms with Gasteiger partial charge in [0.05, 0.1) is 17.2 Å². The first kappa shape index (κ1) is 23.4. The van der Waals surface area contributed by atoms with Crippen molar-refractivity contribution >= 4 is 29.4 Å². The second kappa shape index (κ2) is 9.93. The van der Waals surface area contributed by atoms with E-state index in [1.54, 1.807) is 11.8 Å². The van der Waals surface area contributed by atoms with Crippen molar-refractivity contribution in [2.45, 2.75) is 44.8 Å². The number of anilines is 1. The Morgan fingerprint density at radius 1 is 1.26 bits per heavy atom. The summed E-state index contributed by atoms with van der Waals surface area (Å²) in [5.41, 5.74) is -0.887. The second-order valence-electron chi connectivity index (χ2n) is 7.78. The molecule has 2 aliphatic heterocycles. The highest BCUT2D eigenvalue weighted by atomic mass is 35.5. The van der Waals surface area contributed by atoms with Gasteiger partial charge in [-0.05, 0) is 38.7 Å². The molecule has 3 rings (SSSR count). The number of hydrogen-bond acceptors (Lipinski definition) is 5. The van der Waals surface area contributed by atoms with E-state index in [9.17, 15) is 22.8 Å².